The van der Waals surface area contributed by atoms with E-state index >= 15 is 0 Å². The number of phenols is 2. The maximum absolute atomic E-state index is 13.5. The average molecular weight is 290 g/mol. The summed E-state index contributed by atoms with van der Waals surface area (Å²) in [6.07, 6.45) is 4.39. The lowest BCUT2D eigenvalue weighted by Crippen LogP contribution is -1.87. The predicted octanol–water partition coefficient (Wildman–Crippen LogP) is 4.50. The summed E-state index contributed by atoms with van der Waals surface area (Å²) in [5.74, 6) is -1.28. The van der Waals surface area contributed by atoms with Crippen LogP contribution in [0.25, 0.3) is 12.2 Å². The molecule has 2 aromatic carbocycles. The van der Waals surface area contributed by atoms with E-state index in [1.54, 1.807) is 6.08 Å². The van der Waals surface area contributed by atoms with Gasteiger partial charge in [-0.2, -0.15) is 0 Å². The molecule has 0 radical (unpaired) electrons. The van der Waals surface area contributed by atoms with E-state index in [1.807, 2.05) is 6.92 Å². The molecule has 2 rings (SSSR count). The molecule has 0 amide bonds. The molecule has 0 heterocycles. The quantitative estimate of drug-likeness (QED) is 0.814. The Hall–Kier alpha value is -2.36. The minimum atomic E-state index is -0.665. The van der Waals surface area contributed by atoms with E-state index < -0.39 is 11.6 Å². The summed E-state index contributed by atoms with van der Waals surface area (Å²) in [7, 11) is 0. The second-order valence-corrected chi connectivity index (χ2v) is 4.79. The second kappa shape index (κ2) is 6.39. The van der Waals surface area contributed by atoms with Crippen molar-refractivity contribution >= 4 is 12.2 Å². The van der Waals surface area contributed by atoms with Crippen LogP contribution in [0.5, 0.6) is 11.5 Å². The molecule has 0 unspecified atom stereocenters. The SMILES string of the molecule is CCCc1c(O)cc(/C=C/c2ccc(F)cc2F)cc1O. The van der Waals surface area contributed by atoms with Crippen molar-refractivity contribution in [3.8, 4) is 11.5 Å². The Morgan fingerprint density at radius 3 is 2.24 bits per heavy atom. The van der Waals surface area contributed by atoms with Crippen molar-refractivity contribution in [2.75, 3.05) is 0 Å². The van der Waals surface area contributed by atoms with Crippen LogP contribution in [0, 0.1) is 11.6 Å². The van der Waals surface area contributed by atoms with Gasteiger partial charge in [-0.25, -0.2) is 8.78 Å². The lowest BCUT2D eigenvalue weighted by molar-refractivity contribution is 0.437. The third-order valence-corrected chi connectivity index (χ3v) is 3.14. The molecular formula is C17H16F2O2. The summed E-state index contributed by atoms with van der Waals surface area (Å²) in [6, 6.07) is 6.30. The zero-order chi connectivity index (χ0) is 15.4. The first-order chi connectivity index (χ1) is 10.0. The third kappa shape index (κ3) is 3.60. The molecule has 0 aliphatic rings. The Balaban J connectivity index is 2.29. The lowest BCUT2D eigenvalue weighted by atomic mass is 10.0. The molecule has 4 heteroatoms. The highest BCUT2D eigenvalue weighted by atomic mass is 19.1. The number of aromatic hydroxyl groups is 2. The van der Waals surface area contributed by atoms with Gasteiger partial charge in [0.25, 0.3) is 0 Å². The Bertz CT molecular complexity index is 655. The van der Waals surface area contributed by atoms with E-state index in [0.717, 1.165) is 12.5 Å². The molecule has 2 nitrogen and oxygen atoms in total. The molecule has 110 valence electrons. The molecule has 2 aromatic rings. The molecule has 21 heavy (non-hydrogen) atoms. The van der Waals surface area contributed by atoms with E-state index in [4.69, 9.17) is 0 Å². The van der Waals surface area contributed by atoms with Gasteiger partial charge in [0, 0.05) is 17.2 Å². The van der Waals surface area contributed by atoms with Crippen LogP contribution in [0.15, 0.2) is 30.3 Å². The molecule has 0 aliphatic heterocycles. The predicted molar refractivity (Wildman–Crippen MR) is 79.1 cm³/mol. The van der Waals surface area contributed by atoms with Gasteiger partial charge in [-0.3, -0.25) is 0 Å². The third-order valence-electron chi connectivity index (χ3n) is 3.14. The summed E-state index contributed by atoms with van der Waals surface area (Å²) in [4.78, 5) is 0. The molecule has 0 aliphatic carbocycles. The van der Waals surface area contributed by atoms with Crippen LogP contribution in [-0.4, -0.2) is 10.2 Å². The summed E-state index contributed by atoms with van der Waals surface area (Å²) < 4.78 is 26.3. The molecule has 2 N–H and O–H groups in total. The van der Waals surface area contributed by atoms with Crippen molar-refractivity contribution in [3.05, 3.63) is 58.7 Å². The van der Waals surface area contributed by atoms with Gasteiger partial charge in [0.05, 0.1) is 0 Å². The van der Waals surface area contributed by atoms with Crippen LogP contribution in [0.3, 0.4) is 0 Å². The lowest BCUT2D eigenvalue weighted by Gasteiger charge is -2.07. The van der Waals surface area contributed by atoms with Crippen molar-refractivity contribution in [1.29, 1.82) is 0 Å². The van der Waals surface area contributed by atoms with Gasteiger partial charge in [-0.1, -0.05) is 25.5 Å². The smallest absolute Gasteiger partial charge is 0.133 e. The first kappa shape index (κ1) is 15.0. The van der Waals surface area contributed by atoms with Crippen molar-refractivity contribution < 1.29 is 19.0 Å². The zero-order valence-corrected chi connectivity index (χ0v) is 11.6. The number of rotatable bonds is 4. The van der Waals surface area contributed by atoms with Gasteiger partial charge in [-0.15, -0.1) is 0 Å². The van der Waals surface area contributed by atoms with Gasteiger partial charge in [-0.05, 0) is 36.2 Å². The van der Waals surface area contributed by atoms with Crippen molar-refractivity contribution in [2.24, 2.45) is 0 Å². The number of hydrogen-bond acceptors (Lipinski definition) is 2. The summed E-state index contributed by atoms with van der Waals surface area (Å²) in [5, 5.41) is 19.7. The highest BCUT2D eigenvalue weighted by molar-refractivity contribution is 5.71. The number of phenolic OH excluding ortho intramolecular Hbond substituents is 2. The van der Waals surface area contributed by atoms with Crippen LogP contribution >= 0.6 is 0 Å². The minimum Gasteiger partial charge on any atom is -0.508 e. The molecule has 0 saturated heterocycles. The standard InChI is InChI=1S/C17H16F2O2/c1-2-3-14-16(20)8-11(9-17(14)21)4-5-12-6-7-13(18)10-15(12)19/h4-10,20-21H,2-3H2,1H3/b5-4+. The maximum atomic E-state index is 13.5. The van der Waals surface area contributed by atoms with Crippen LogP contribution in [0.2, 0.25) is 0 Å². The summed E-state index contributed by atoms with van der Waals surface area (Å²) >= 11 is 0. The van der Waals surface area contributed by atoms with Gasteiger partial charge >= 0.3 is 0 Å². The molecule has 0 atom stereocenters. The molecule has 0 bridgehead atoms. The van der Waals surface area contributed by atoms with Gasteiger partial charge < -0.3 is 10.2 Å². The zero-order valence-electron chi connectivity index (χ0n) is 11.6. The van der Waals surface area contributed by atoms with E-state index in [2.05, 4.69) is 0 Å². The fraction of sp³-hybridized carbons (Fsp3) is 0.176. The Morgan fingerprint density at radius 2 is 1.67 bits per heavy atom. The topological polar surface area (TPSA) is 40.5 Å². The largest absolute Gasteiger partial charge is 0.508 e. The second-order valence-electron chi connectivity index (χ2n) is 4.79. The van der Waals surface area contributed by atoms with Crippen molar-refractivity contribution in [3.63, 3.8) is 0 Å². The molecule has 0 aromatic heterocycles. The van der Waals surface area contributed by atoms with E-state index in [9.17, 15) is 19.0 Å². The van der Waals surface area contributed by atoms with Crippen molar-refractivity contribution in [1.82, 2.24) is 0 Å². The van der Waals surface area contributed by atoms with Gasteiger partial charge in [0.15, 0.2) is 0 Å². The van der Waals surface area contributed by atoms with E-state index in [1.165, 1.54) is 30.3 Å². The first-order valence-electron chi connectivity index (χ1n) is 6.69. The van der Waals surface area contributed by atoms with Crippen LogP contribution < -0.4 is 0 Å². The molecule has 0 spiro atoms. The normalized spacial score (nSPS) is 11.2. The molecule has 0 saturated carbocycles. The highest BCUT2D eigenvalue weighted by Crippen LogP contribution is 2.30. The van der Waals surface area contributed by atoms with E-state index in [0.29, 0.717) is 17.5 Å². The fourth-order valence-corrected chi connectivity index (χ4v) is 2.09. The maximum Gasteiger partial charge on any atom is 0.133 e. The van der Waals surface area contributed by atoms with Gasteiger partial charge in [0.2, 0.25) is 0 Å². The fourth-order valence-electron chi connectivity index (χ4n) is 2.09. The Morgan fingerprint density at radius 1 is 1.00 bits per heavy atom. The minimum absolute atomic E-state index is 0.0103. The first-order valence-corrected chi connectivity index (χ1v) is 6.69. The molecular weight excluding hydrogens is 274 g/mol. The van der Waals surface area contributed by atoms with Crippen molar-refractivity contribution in [2.45, 2.75) is 19.8 Å². The summed E-state index contributed by atoms with van der Waals surface area (Å²) in [6.45, 7) is 1.95. The Labute approximate surface area is 122 Å². The van der Waals surface area contributed by atoms with Gasteiger partial charge in [0.1, 0.15) is 23.1 Å². The van der Waals surface area contributed by atoms with E-state index in [-0.39, 0.29) is 17.1 Å². The number of benzene rings is 2. The monoisotopic (exact) mass is 290 g/mol. The number of halogens is 2. The highest BCUT2D eigenvalue weighted by Gasteiger charge is 2.08. The Kier molecular flexibility index (Phi) is 4.58. The molecule has 0 fully saturated rings. The number of hydrogen-bond donors (Lipinski definition) is 2. The van der Waals surface area contributed by atoms with Crippen LogP contribution in [0.1, 0.15) is 30.0 Å². The van der Waals surface area contributed by atoms with Crippen LogP contribution in [0.4, 0.5) is 8.78 Å². The van der Waals surface area contributed by atoms with Crippen LogP contribution in [-0.2, 0) is 6.42 Å². The summed E-state index contributed by atoms with van der Waals surface area (Å²) in [5.41, 5.74) is 1.27. The average Bonchev–Trinajstić information content (AvgIpc) is 2.42.